The van der Waals surface area contributed by atoms with Gasteiger partial charge in [0.1, 0.15) is 11.3 Å². The van der Waals surface area contributed by atoms with Gasteiger partial charge in [0, 0.05) is 31.4 Å². The highest BCUT2D eigenvalue weighted by Crippen LogP contribution is 2.22. The summed E-state index contributed by atoms with van der Waals surface area (Å²) < 4.78 is 11.8. The van der Waals surface area contributed by atoms with E-state index in [1.807, 2.05) is 29.2 Å². The second kappa shape index (κ2) is 7.95. The van der Waals surface area contributed by atoms with E-state index in [2.05, 4.69) is 15.4 Å². The summed E-state index contributed by atoms with van der Waals surface area (Å²) in [5, 5.41) is 7.79. The van der Waals surface area contributed by atoms with E-state index in [-0.39, 0.29) is 12.1 Å². The molecule has 0 saturated carbocycles. The van der Waals surface area contributed by atoms with Gasteiger partial charge in [-0.1, -0.05) is 29.5 Å². The largest absolute Gasteiger partial charge is 0.496 e. The Morgan fingerprint density at radius 1 is 1.32 bits per heavy atom. The highest BCUT2D eigenvalue weighted by atomic mass is 32.1. The summed E-state index contributed by atoms with van der Waals surface area (Å²) in [5.41, 5.74) is 0.278. The van der Waals surface area contributed by atoms with E-state index in [0.29, 0.717) is 42.1 Å². The Labute approximate surface area is 164 Å². The van der Waals surface area contributed by atoms with Gasteiger partial charge in [-0.2, -0.15) is 4.52 Å². The topological polar surface area (TPSA) is 98.1 Å². The summed E-state index contributed by atoms with van der Waals surface area (Å²) in [5.74, 6) is 0.168. The first-order valence-corrected chi connectivity index (χ1v) is 9.60. The van der Waals surface area contributed by atoms with Crippen molar-refractivity contribution in [1.29, 1.82) is 0 Å². The fourth-order valence-electron chi connectivity index (χ4n) is 2.93. The number of ether oxygens (including phenoxy) is 2. The summed E-state index contributed by atoms with van der Waals surface area (Å²) >= 11 is 1.32. The van der Waals surface area contributed by atoms with Gasteiger partial charge in [-0.05, 0) is 6.07 Å². The number of benzene rings is 1. The van der Waals surface area contributed by atoms with Crippen LogP contribution in [0.2, 0.25) is 0 Å². The molecule has 1 amide bonds. The van der Waals surface area contributed by atoms with Crippen LogP contribution in [0.3, 0.4) is 0 Å². The molecule has 1 aromatic carbocycles. The maximum atomic E-state index is 12.7. The second-order valence-corrected chi connectivity index (χ2v) is 7.08. The van der Waals surface area contributed by atoms with Crippen molar-refractivity contribution in [1.82, 2.24) is 19.9 Å². The summed E-state index contributed by atoms with van der Waals surface area (Å²) in [6.07, 6.45) is 1.30. The summed E-state index contributed by atoms with van der Waals surface area (Å²) in [7, 11) is 1.57. The molecular weight excluding hydrogens is 382 g/mol. The summed E-state index contributed by atoms with van der Waals surface area (Å²) in [4.78, 5) is 32.0. The number of nitrogens with zero attached hydrogens (tertiary/aromatic N) is 4. The number of aromatic nitrogens is 3. The van der Waals surface area contributed by atoms with Crippen LogP contribution in [-0.4, -0.2) is 53.9 Å². The Morgan fingerprint density at radius 3 is 2.89 bits per heavy atom. The first kappa shape index (κ1) is 18.4. The minimum atomic E-state index is -0.501. The first-order valence-electron chi connectivity index (χ1n) is 8.79. The van der Waals surface area contributed by atoms with E-state index < -0.39 is 11.5 Å². The molecule has 0 aliphatic carbocycles. The molecule has 0 spiro atoms. The number of morpholine rings is 1. The Morgan fingerprint density at radius 2 is 2.11 bits per heavy atom. The lowest BCUT2D eigenvalue weighted by atomic mass is 10.2. The van der Waals surface area contributed by atoms with Crippen molar-refractivity contribution >= 4 is 27.3 Å². The molecule has 4 rings (SSSR count). The van der Waals surface area contributed by atoms with Crippen LogP contribution in [-0.2, 0) is 11.3 Å². The van der Waals surface area contributed by atoms with Crippen molar-refractivity contribution in [3.8, 4) is 5.75 Å². The zero-order valence-corrected chi connectivity index (χ0v) is 16.1. The third kappa shape index (κ3) is 3.56. The lowest BCUT2D eigenvalue weighted by Crippen LogP contribution is -2.36. The number of hydrogen-bond acceptors (Lipinski definition) is 8. The van der Waals surface area contributed by atoms with Crippen molar-refractivity contribution in [2.45, 2.75) is 6.54 Å². The molecule has 3 heterocycles. The van der Waals surface area contributed by atoms with Crippen LogP contribution in [0.15, 0.2) is 35.3 Å². The fourth-order valence-corrected chi connectivity index (χ4v) is 3.85. The smallest absolute Gasteiger partial charge is 0.288 e. The number of amides is 1. The van der Waals surface area contributed by atoms with Crippen molar-refractivity contribution in [3.63, 3.8) is 0 Å². The minimum absolute atomic E-state index is 0.0498. The maximum Gasteiger partial charge on any atom is 0.288 e. The molecule has 146 valence electrons. The molecule has 1 aliphatic heterocycles. The van der Waals surface area contributed by atoms with Crippen LogP contribution in [0.25, 0.3) is 4.96 Å². The van der Waals surface area contributed by atoms with Crippen molar-refractivity contribution < 1.29 is 14.3 Å². The highest BCUT2D eigenvalue weighted by molar-refractivity contribution is 7.20. The molecule has 1 fully saturated rings. The van der Waals surface area contributed by atoms with Gasteiger partial charge in [0.25, 0.3) is 11.5 Å². The number of rotatable bonds is 5. The monoisotopic (exact) mass is 401 g/mol. The molecule has 9 nitrogen and oxygen atoms in total. The Bertz CT molecular complexity index is 1060. The highest BCUT2D eigenvalue weighted by Gasteiger charge is 2.20. The molecule has 10 heteroatoms. The number of fused-ring (bicyclic) bond motifs is 1. The van der Waals surface area contributed by atoms with Crippen LogP contribution in [0.5, 0.6) is 5.75 Å². The molecular formula is C18H19N5O4S. The molecule has 3 aromatic rings. The molecule has 1 N–H and O–H groups in total. The quantitative estimate of drug-likeness (QED) is 0.679. The molecule has 28 heavy (non-hydrogen) atoms. The van der Waals surface area contributed by atoms with Crippen molar-refractivity contribution in [2.24, 2.45) is 0 Å². The van der Waals surface area contributed by atoms with E-state index in [9.17, 15) is 9.59 Å². The van der Waals surface area contributed by atoms with Crippen LogP contribution in [0.1, 0.15) is 15.9 Å². The van der Waals surface area contributed by atoms with Gasteiger partial charge in [0.15, 0.2) is 0 Å². The average Bonchev–Trinajstić information content (AvgIpc) is 3.18. The second-order valence-electron chi connectivity index (χ2n) is 6.15. The van der Waals surface area contributed by atoms with E-state index in [4.69, 9.17) is 9.47 Å². The van der Waals surface area contributed by atoms with E-state index in [1.54, 1.807) is 7.11 Å². The number of carbonyl (C=O) groups is 1. The Hall–Kier alpha value is -2.98. The fraction of sp³-hybridized carbons (Fsp3) is 0.333. The number of para-hydroxylation sites is 1. The van der Waals surface area contributed by atoms with Crippen molar-refractivity contribution in [2.75, 3.05) is 38.3 Å². The zero-order valence-electron chi connectivity index (χ0n) is 15.3. The van der Waals surface area contributed by atoms with Gasteiger partial charge >= 0.3 is 0 Å². The van der Waals surface area contributed by atoms with Crippen LogP contribution in [0, 0.1) is 0 Å². The van der Waals surface area contributed by atoms with Gasteiger partial charge in [-0.3, -0.25) is 9.59 Å². The Balaban J connectivity index is 1.55. The lowest BCUT2D eigenvalue weighted by molar-refractivity contribution is 0.0948. The van der Waals surface area contributed by atoms with Crippen molar-refractivity contribution in [3.05, 3.63) is 51.9 Å². The van der Waals surface area contributed by atoms with Crippen LogP contribution < -0.4 is 20.5 Å². The van der Waals surface area contributed by atoms with Gasteiger partial charge in [0.2, 0.25) is 10.1 Å². The minimum Gasteiger partial charge on any atom is -0.496 e. The predicted octanol–water partition coefficient (Wildman–Crippen LogP) is 0.926. The molecule has 0 bridgehead atoms. The number of methoxy groups -OCH3 is 1. The lowest BCUT2D eigenvalue weighted by Gasteiger charge is -2.25. The molecule has 1 aliphatic rings. The van der Waals surface area contributed by atoms with Gasteiger partial charge in [-0.25, -0.2) is 4.98 Å². The van der Waals surface area contributed by atoms with Crippen LogP contribution >= 0.6 is 11.3 Å². The molecule has 1 saturated heterocycles. The molecule has 0 unspecified atom stereocenters. The first-order chi connectivity index (χ1) is 13.7. The van der Waals surface area contributed by atoms with Gasteiger partial charge in [-0.15, -0.1) is 5.10 Å². The standard InChI is InChI=1S/C18H19N5O4S/c1-26-14-5-3-2-4-12(14)10-19-15(24)13-11-20-17-23(16(13)25)21-18(28-17)22-6-8-27-9-7-22/h2-5,11H,6-10H2,1H3,(H,19,24). The number of nitrogens with one attached hydrogen (secondary N) is 1. The predicted molar refractivity (Wildman–Crippen MR) is 104 cm³/mol. The SMILES string of the molecule is COc1ccccc1CNC(=O)c1cnc2sc(N3CCOCC3)nn2c1=O. The zero-order chi connectivity index (χ0) is 19.5. The van der Waals surface area contributed by atoms with E-state index in [0.717, 1.165) is 5.56 Å². The van der Waals surface area contributed by atoms with E-state index >= 15 is 0 Å². The summed E-state index contributed by atoms with van der Waals surface area (Å²) in [6, 6.07) is 7.37. The van der Waals surface area contributed by atoms with Gasteiger partial charge < -0.3 is 19.7 Å². The normalized spacial score (nSPS) is 14.2. The Kier molecular flexibility index (Phi) is 5.22. The number of carbonyl (C=O) groups excluding carboxylic acids is 1. The van der Waals surface area contributed by atoms with Crippen LogP contribution in [0.4, 0.5) is 5.13 Å². The molecule has 0 radical (unpaired) electrons. The third-order valence-corrected chi connectivity index (χ3v) is 5.42. The average molecular weight is 401 g/mol. The molecule has 0 atom stereocenters. The third-order valence-electron chi connectivity index (χ3n) is 4.43. The van der Waals surface area contributed by atoms with E-state index in [1.165, 1.54) is 22.0 Å². The molecule has 2 aromatic heterocycles. The summed E-state index contributed by atoms with van der Waals surface area (Å²) in [6.45, 7) is 2.90. The number of hydrogen-bond donors (Lipinski definition) is 1. The number of anilines is 1. The maximum absolute atomic E-state index is 12.7. The van der Waals surface area contributed by atoms with Gasteiger partial charge in [0.05, 0.1) is 20.3 Å².